The average Bonchev–Trinajstić information content (AvgIpc) is 2.35. The number of nitrogens with one attached hydrogen (secondary N) is 1. The first-order chi connectivity index (χ1) is 8.63. The zero-order chi connectivity index (χ0) is 13.5. The molecule has 0 aromatic heterocycles. The van der Waals surface area contributed by atoms with Crippen LogP contribution in [0.5, 0.6) is 0 Å². The molecule has 0 bridgehead atoms. The van der Waals surface area contributed by atoms with Crippen LogP contribution < -0.4 is 5.32 Å². The quantitative estimate of drug-likeness (QED) is 0.679. The summed E-state index contributed by atoms with van der Waals surface area (Å²) < 4.78 is 11.1. The Kier molecular flexibility index (Phi) is 7.15. The maximum absolute atomic E-state index is 5.62. The molecule has 4 unspecified atom stereocenters. The summed E-state index contributed by atoms with van der Waals surface area (Å²) in [5.74, 6) is 0. The maximum Gasteiger partial charge on any atom is 0.0986 e. The van der Waals surface area contributed by atoms with Gasteiger partial charge in [0.05, 0.1) is 12.2 Å². The van der Waals surface area contributed by atoms with E-state index in [2.05, 4.69) is 31.1 Å². The van der Waals surface area contributed by atoms with E-state index in [1.54, 1.807) is 7.11 Å². The van der Waals surface area contributed by atoms with E-state index in [0.29, 0.717) is 12.1 Å². The third-order valence-electron chi connectivity index (χ3n) is 4.12. The van der Waals surface area contributed by atoms with Crippen molar-refractivity contribution in [2.45, 2.75) is 57.9 Å². The highest BCUT2D eigenvalue weighted by molar-refractivity contribution is 4.97. The number of methoxy groups -OCH3 is 1. The predicted octanol–water partition coefficient (Wildman–Crippen LogP) is 1.50. The molecule has 1 aliphatic rings. The van der Waals surface area contributed by atoms with Gasteiger partial charge in [0.25, 0.3) is 0 Å². The number of hydrogen-bond donors (Lipinski definition) is 1. The Morgan fingerprint density at radius 3 is 2.67 bits per heavy atom. The smallest absolute Gasteiger partial charge is 0.0986 e. The second-order valence-corrected chi connectivity index (χ2v) is 5.23. The second-order valence-electron chi connectivity index (χ2n) is 5.23. The minimum Gasteiger partial charge on any atom is -0.377 e. The van der Waals surface area contributed by atoms with Crippen LogP contribution in [0.3, 0.4) is 0 Å². The van der Waals surface area contributed by atoms with Crippen LogP contribution in [0, 0.1) is 0 Å². The summed E-state index contributed by atoms with van der Waals surface area (Å²) in [6.45, 7) is 9.41. The molecule has 0 aromatic rings. The van der Waals surface area contributed by atoms with E-state index in [-0.39, 0.29) is 12.2 Å². The van der Waals surface area contributed by atoms with E-state index in [9.17, 15) is 0 Å². The minimum absolute atomic E-state index is 0.221. The van der Waals surface area contributed by atoms with Gasteiger partial charge in [-0.1, -0.05) is 6.92 Å². The van der Waals surface area contributed by atoms with Gasteiger partial charge >= 0.3 is 0 Å². The molecular weight excluding hydrogens is 228 g/mol. The van der Waals surface area contributed by atoms with E-state index < -0.39 is 0 Å². The van der Waals surface area contributed by atoms with Crippen LogP contribution in [0.4, 0.5) is 0 Å². The summed E-state index contributed by atoms with van der Waals surface area (Å²) in [6.07, 6.45) is 2.77. The SMILES string of the molecule is CCOC1CC(NCCN(C)C(C)CC)C1OC. The molecule has 0 aromatic carbocycles. The summed E-state index contributed by atoms with van der Waals surface area (Å²) in [5, 5.41) is 3.57. The van der Waals surface area contributed by atoms with Crippen molar-refractivity contribution >= 4 is 0 Å². The molecule has 4 atom stereocenters. The first-order valence-corrected chi connectivity index (χ1v) is 7.22. The standard InChI is InChI=1S/C14H30N2O2/c1-6-11(3)16(4)9-8-15-12-10-13(18-7-2)14(12)17-5/h11-15H,6-10H2,1-5H3. The second kappa shape index (κ2) is 8.10. The predicted molar refractivity (Wildman–Crippen MR) is 75.0 cm³/mol. The highest BCUT2D eigenvalue weighted by Crippen LogP contribution is 2.26. The molecule has 108 valence electrons. The van der Waals surface area contributed by atoms with Crippen molar-refractivity contribution in [3.63, 3.8) is 0 Å². The van der Waals surface area contributed by atoms with Crippen LogP contribution in [-0.2, 0) is 9.47 Å². The normalized spacial score (nSPS) is 29.3. The minimum atomic E-state index is 0.221. The van der Waals surface area contributed by atoms with Crippen molar-refractivity contribution in [2.75, 3.05) is 33.9 Å². The molecule has 1 rings (SSSR count). The van der Waals surface area contributed by atoms with Gasteiger partial charge in [0, 0.05) is 38.9 Å². The van der Waals surface area contributed by atoms with Gasteiger partial charge in [-0.25, -0.2) is 0 Å². The molecule has 1 aliphatic carbocycles. The van der Waals surface area contributed by atoms with E-state index >= 15 is 0 Å². The summed E-state index contributed by atoms with van der Waals surface area (Å²) in [6, 6.07) is 1.11. The molecule has 0 saturated heterocycles. The first kappa shape index (κ1) is 15.9. The molecule has 0 heterocycles. The van der Waals surface area contributed by atoms with Crippen LogP contribution >= 0.6 is 0 Å². The van der Waals surface area contributed by atoms with Gasteiger partial charge in [-0.05, 0) is 33.7 Å². The number of hydrogen-bond acceptors (Lipinski definition) is 4. The van der Waals surface area contributed by atoms with Crippen LogP contribution in [0.1, 0.15) is 33.6 Å². The Hall–Kier alpha value is -0.160. The maximum atomic E-state index is 5.62. The molecule has 0 radical (unpaired) electrons. The Labute approximate surface area is 112 Å². The highest BCUT2D eigenvalue weighted by atomic mass is 16.5. The van der Waals surface area contributed by atoms with Gasteiger partial charge in [-0.2, -0.15) is 0 Å². The Balaban J connectivity index is 2.17. The topological polar surface area (TPSA) is 33.7 Å². The molecule has 0 aliphatic heterocycles. The van der Waals surface area contributed by atoms with Crippen LogP contribution in [0.25, 0.3) is 0 Å². The third kappa shape index (κ3) is 4.19. The van der Waals surface area contributed by atoms with Crippen molar-refractivity contribution in [1.82, 2.24) is 10.2 Å². The average molecular weight is 258 g/mol. The lowest BCUT2D eigenvalue weighted by Crippen LogP contribution is -2.60. The Bertz CT molecular complexity index is 226. The lowest BCUT2D eigenvalue weighted by molar-refractivity contribution is -0.131. The van der Waals surface area contributed by atoms with Gasteiger partial charge in [0.1, 0.15) is 0 Å². The van der Waals surface area contributed by atoms with Gasteiger partial charge in [-0.3, -0.25) is 0 Å². The third-order valence-corrected chi connectivity index (χ3v) is 4.12. The van der Waals surface area contributed by atoms with Gasteiger partial charge in [0.15, 0.2) is 0 Å². The fraction of sp³-hybridized carbons (Fsp3) is 1.00. The van der Waals surface area contributed by atoms with Crippen LogP contribution in [0.2, 0.25) is 0 Å². The van der Waals surface area contributed by atoms with E-state index in [1.807, 2.05) is 6.92 Å². The van der Waals surface area contributed by atoms with Crippen molar-refractivity contribution in [1.29, 1.82) is 0 Å². The fourth-order valence-corrected chi connectivity index (χ4v) is 2.43. The zero-order valence-electron chi connectivity index (χ0n) is 12.6. The molecule has 1 saturated carbocycles. The van der Waals surface area contributed by atoms with Gasteiger partial charge in [0.2, 0.25) is 0 Å². The molecule has 1 N–H and O–H groups in total. The van der Waals surface area contributed by atoms with E-state index in [1.165, 1.54) is 6.42 Å². The number of rotatable bonds is 9. The fourth-order valence-electron chi connectivity index (χ4n) is 2.43. The lowest BCUT2D eigenvalue weighted by atomic mass is 9.85. The first-order valence-electron chi connectivity index (χ1n) is 7.22. The summed E-state index contributed by atoms with van der Waals surface area (Å²) in [5.41, 5.74) is 0. The molecular formula is C14H30N2O2. The van der Waals surface area contributed by atoms with Gasteiger partial charge in [-0.15, -0.1) is 0 Å². The Morgan fingerprint density at radius 1 is 1.39 bits per heavy atom. The summed E-state index contributed by atoms with van der Waals surface area (Å²) in [7, 11) is 3.96. The van der Waals surface area contributed by atoms with Crippen molar-refractivity contribution in [3.8, 4) is 0 Å². The Morgan fingerprint density at radius 2 is 2.11 bits per heavy atom. The summed E-state index contributed by atoms with van der Waals surface area (Å²) >= 11 is 0. The summed E-state index contributed by atoms with van der Waals surface area (Å²) in [4.78, 5) is 2.40. The van der Waals surface area contributed by atoms with Crippen molar-refractivity contribution < 1.29 is 9.47 Å². The zero-order valence-corrected chi connectivity index (χ0v) is 12.6. The highest BCUT2D eigenvalue weighted by Gasteiger charge is 2.41. The molecule has 4 nitrogen and oxygen atoms in total. The monoisotopic (exact) mass is 258 g/mol. The lowest BCUT2D eigenvalue weighted by Gasteiger charge is -2.43. The van der Waals surface area contributed by atoms with E-state index in [4.69, 9.17) is 9.47 Å². The van der Waals surface area contributed by atoms with Crippen molar-refractivity contribution in [3.05, 3.63) is 0 Å². The molecule has 1 fully saturated rings. The number of ether oxygens (including phenoxy) is 2. The number of likely N-dealkylation sites (N-methyl/N-ethyl adjacent to an activating group) is 1. The molecule has 18 heavy (non-hydrogen) atoms. The largest absolute Gasteiger partial charge is 0.377 e. The van der Waals surface area contributed by atoms with Gasteiger partial charge < -0.3 is 19.7 Å². The van der Waals surface area contributed by atoms with Crippen LogP contribution in [-0.4, -0.2) is 63.0 Å². The van der Waals surface area contributed by atoms with E-state index in [0.717, 1.165) is 26.1 Å². The number of nitrogens with zero attached hydrogens (tertiary/aromatic N) is 1. The van der Waals surface area contributed by atoms with Crippen LogP contribution in [0.15, 0.2) is 0 Å². The molecule has 0 amide bonds. The van der Waals surface area contributed by atoms with Crippen molar-refractivity contribution in [2.24, 2.45) is 0 Å². The molecule has 4 heteroatoms. The molecule has 0 spiro atoms.